The maximum Gasteiger partial charge on any atom is 0.322 e. The number of imide groups is 1. The first-order chi connectivity index (χ1) is 12.6. The Bertz CT molecular complexity index is 740. The maximum atomic E-state index is 12.7. The van der Waals surface area contributed by atoms with Gasteiger partial charge in [-0.1, -0.05) is 0 Å². The summed E-state index contributed by atoms with van der Waals surface area (Å²) >= 11 is 0. The van der Waals surface area contributed by atoms with E-state index in [0.29, 0.717) is 13.1 Å². The fourth-order valence-electron chi connectivity index (χ4n) is 2.74. The van der Waals surface area contributed by atoms with Crippen molar-refractivity contribution in [2.75, 3.05) is 0 Å². The van der Waals surface area contributed by atoms with Gasteiger partial charge in [-0.2, -0.15) is 0 Å². The number of carbonyl (C=O) groups is 3. The second-order valence-corrected chi connectivity index (χ2v) is 6.01. The molecule has 0 spiro atoms. The van der Waals surface area contributed by atoms with Crippen LogP contribution in [0.2, 0.25) is 0 Å². The highest BCUT2D eigenvalue weighted by Crippen LogP contribution is 2.13. The molecule has 8 heteroatoms. The van der Waals surface area contributed by atoms with Crippen molar-refractivity contribution in [3.05, 3.63) is 60.2 Å². The van der Waals surface area contributed by atoms with Crippen LogP contribution in [0.3, 0.4) is 0 Å². The highest BCUT2D eigenvalue weighted by atomic mass is 16.2. The predicted octanol–water partition coefficient (Wildman–Crippen LogP) is 0.994. The molecule has 2 N–H and O–H groups in total. The lowest BCUT2D eigenvalue weighted by molar-refractivity contribution is -0.132. The first-order valence-corrected chi connectivity index (χ1v) is 8.29. The number of nitrogens with zero attached hydrogens (tertiary/aromatic N) is 3. The van der Waals surface area contributed by atoms with E-state index in [4.69, 9.17) is 0 Å². The summed E-state index contributed by atoms with van der Waals surface area (Å²) in [5, 5.41) is 4.68. The van der Waals surface area contributed by atoms with Gasteiger partial charge in [0.1, 0.15) is 6.04 Å². The Balaban J connectivity index is 1.66. The van der Waals surface area contributed by atoms with Crippen LogP contribution in [-0.2, 0) is 22.7 Å². The van der Waals surface area contributed by atoms with Gasteiger partial charge in [0.2, 0.25) is 5.91 Å². The van der Waals surface area contributed by atoms with Gasteiger partial charge >= 0.3 is 6.03 Å². The van der Waals surface area contributed by atoms with Gasteiger partial charge in [0.15, 0.2) is 0 Å². The molecule has 2 aromatic rings. The third kappa shape index (κ3) is 4.62. The molecule has 4 amide bonds. The zero-order valence-corrected chi connectivity index (χ0v) is 14.1. The van der Waals surface area contributed by atoms with Crippen LogP contribution in [0.1, 0.15) is 24.0 Å². The number of hydrogen-bond donors (Lipinski definition) is 2. The topological polar surface area (TPSA) is 104 Å². The van der Waals surface area contributed by atoms with Crippen LogP contribution in [0, 0.1) is 0 Å². The summed E-state index contributed by atoms with van der Waals surface area (Å²) in [5.74, 6) is -0.481. The first kappa shape index (κ1) is 17.5. The number of rotatable bonds is 7. The number of carbonyl (C=O) groups excluding carboxylic acids is 3. The molecular weight excluding hydrogens is 334 g/mol. The summed E-state index contributed by atoms with van der Waals surface area (Å²) in [4.78, 5) is 45.2. The van der Waals surface area contributed by atoms with Gasteiger partial charge in [0.05, 0.1) is 0 Å². The molecule has 1 atom stereocenters. The number of aromatic nitrogens is 2. The van der Waals surface area contributed by atoms with Gasteiger partial charge < -0.3 is 10.2 Å². The molecule has 0 aliphatic carbocycles. The lowest BCUT2D eigenvalue weighted by Crippen LogP contribution is -2.34. The molecule has 0 aromatic carbocycles. The Hall–Kier alpha value is -3.29. The van der Waals surface area contributed by atoms with Crippen molar-refractivity contribution in [1.29, 1.82) is 0 Å². The van der Waals surface area contributed by atoms with Crippen LogP contribution in [-0.4, -0.2) is 38.8 Å². The molecule has 1 fully saturated rings. The van der Waals surface area contributed by atoms with E-state index in [1.54, 1.807) is 29.7 Å². The van der Waals surface area contributed by atoms with Crippen LogP contribution in [0.25, 0.3) is 0 Å². The second kappa shape index (κ2) is 8.19. The standard InChI is InChI=1S/C18H19N5O3/c24-16(2-1-15-17(25)22-18(26)21-15)23(11-13-3-7-19-8-4-13)12-14-5-9-20-10-6-14/h3-10,15H,1-2,11-12H2,(H2,21,22,25,26)/t15-/m0/s1. The van der Waals surface area contributed by atoms with Gasteiger partial charge in [-0.15, -0.1) is 0 Å². The quantitative estimate of drug-likeness (QED) is 0.723. The summed E-state index contributed by atoms with van der Waals surface area (Å²) < 4.78 is 0. The Morgan fingerprint density at radius 2 is 1.50 bits per heavy atom. The lowest BCUT2D eigenvalue weighted by Gasteiger charge is -2.23. The zero-order valence-electron chi connectivity index (χ0n) is 14.1. The zero-order chi connectivity index (χ0) is 18.4. The summed E-state index contributed by atoms with van der Waals surface area (Å²) in [6.45, 7) is 0.875. The van der Waals surface area contributed by atoms with Crippen molar-refractivity contribution in [1.82, 2.24) is 25.5 Å². The molecule has 2 aromatic heterocycles. The molecule has 8 nitrogen and oxygen atoms in total. The molecule has 134 valence electrons. The largest absolute Gasteiger partial charge is 0.334 e. The summed E-state index contributed by atoms with van der Waals surface area (Å²) in [7, 11) is 0. The molecule has 3 heterocycles. The Kier molecular flexibility index (Phi) is 5.52. The molecule has 26 heavy (non-hydrogen) atoms. The van der Waals surface area contributed by atoms with Crippen molar-refractivity contribution in [2.24, 2.45) is 0 Å². The van der Waals surface area contributed by atoms with E-state index >= 15 is 0 Å². The monoisotopic (exact) mass is 353 g/mol. The van der Waals surface area contributed by atoms with Crippen LogP contribution >= 0.6 is 0 Å². The fraction of sp³-hybridized carbons (Fsp3) is 0.278. The van der Waals surface area contributed by atoms with Crippen LogP contribution < -0.4 is 10.6 Å². The molecule has 0 saturated carbocycles. The molecule has 1 aliphatic heterocycles. The van der Waals surface area contributed by atoms with Crippen LogP contribution in [0.5, 0.6) is 0 Å². The van der Waals surface area contributed by atoms with Gasteiger partial charge in [0.25, 0.3) is 5.91 Å². The summed E-state index contributed by atoms with van der Waals surface area (Å²) in [6.07, 6.45) is 7.16. The highest BCUT2D eigenvalue weighted by molar-refractivity contribution is 6.04. The summed E-state index contributed by atoms with van der Waals surface area (Å²) in [5.41, 5.74) is 1.93. The van der Waals surface area contributed by atoms with Crippen LogP contribution in [0.4, 0.5) is 4.79 Å². The van der Waals surface area contributed by atoms with Gasteiger partial charge in [-0.3, -0.25) is 24.9 Å². The highest BCUT2D eigenvalue weighted by Gasteiger charge is 2.30. The van der Waals surface area contributed by atoms with Crippen molar-refractivity contribution >= 4 is 17.8 Å². The SMILES string of the molecule is O=C1NC(=O)[C@H](CCC(=O)N(Cc2ccncc2)Cc2ccncc2)N1. The molecule has 0 radical (unpaired) electrons. The maximum absolute atomic E-state index is 12.7. The average molecular weight is 353 g/mol. The van der Waals surface area contributed by atoms with E-state index in [1.807, 2.05) is 24.3 Å². The molecular formula is C18H19N5O3. The fourth-order valence-corrected chi connectivity index (χ4v) is 2.74. The van der Waals surface area contributed by atoms with E-state index in [0.717, 1.165) is 11.1 Å². The predicted molar refractivity (Wildman–Crippen MR) is 92.4 cm³/mol. The smallest absolute Gasteiger partial charge is 0.322 e. The molecule has 3 rings (SSSR count). The van der Waals surface area contributed by atoms with Gasteiger partial charge in [-0.25, -0.2) is 4.79 Å². The van der Waals surface area contributed by atoms with Crippen molar-refractivity contribution in [2.45, 2.75) is 32.0 Å². The number of amides is 4. The van der Waals surface area contributed by atoms with E-state index in [9.17, 15) is 14.4 Å². The Morgan fingerprint density at radius 3 is 1.96 bits per heavy atom. The normalized spacial score (nSPS) is 16.1. The number of pyridine rings is 2. The molecule has 0 bridgehead atoms. The molecule has 0 unspecified atom stereocenters. The minimum Gasteiger partial charge on any atom is -0.334 e. The first-order valence-electron chi connectivity index (χ1n) is 8.29. The number of nitrogens with one attached hydrogen (secondary N) is 2. The van der Waals surface area contributed by atoms with E-state index in [1.165, 1.54) is 0 Å². The second-order valence-electron chi connectivity index (χ2n) is 6.01. The van der Waals surface area contributed by atoms with Crippen LogP contribution in [0.15, 0.2) is 49.1 Å². The minimum absolute atomic E-state index is 0.0902. The van der Waals surface area contributed by atoms with Crippen molar-refractivity contribution < 1.29 is 14.4 Å². The third-order valence-corrected chi connectivity index (χ3v) is 4.10. The van der Waals surface area contributed by atoms with E-state index < -0.39 is 18.0 Å². The Morgan fingerprint density at radius 1 is 0.962 bits per heavy atom. The van der Waals surface area contributed by atoms with Gasteiger partial charge in [-0.05, 0) is 41.8 Å². The van der Waals surface area contributed by atoms with Gasteiger partial charge in [0, 0.05) is 44.3 Å². The number of hydrogen-bond acceptors (Lipinski definition) is 5. The third-order valence-electron chi connectivity index (χ3n) is 4.10. The minimum atomic E-state index is -0.657. The van der Waals surface area contributed by atoms with E-state index in [-0.39, 0.29) is 18.7 Å². The summed E-state index contributed by atoms with van der Waals surface area (Å²) in [6, 6.07) is 6.26. The van der Waals surface area contributed by atoms with Crippen molar-refractivity contribution in [3.63, 3.8) is 0 Å². The average Bonchev–Trinajstić information content (AvgIpc) is 2.98. The molecule has 1 aliphatic rings. The van der Waals surface area contributed by atoms with E-state index in [2.05, 4.69) is 20.6 Å². The molecule has 1 saturated heterocycles. The number of urea groups is 1. The Labute approximate surface area is 150 Å². The lowest BCUT2D eigenvalue weighted by atomic mass is 10.1. The van der Waals surface area contributed by atoms with Crippen molar-refractivity contribution in [3.8, 4) is 0 Å².